The first-order valence-corrected chi connectivity index (χ1v) is 3.82. The number of carbonyl (C=O) groups is 1. The van der Waals surface area contributed by atoms with Crippen LogP contribution in [0.15, 0.2) is 24.3 Å². The van der Waals surface area contributed by atoms with Crippen LogP contribution in [0.25, 0.3) is 0 Å². The molecule has 1 aromatic rings. The molecule has 1 rings (SSSR count). The van der Waals surface area contributed by atoms with Gasteiger partial charge in [-0.15, -0.1) is 0 Å². The number of carboxylic acids is 1. The van der Waals surface area contributed by atoms with E-state index in [-0.39, 0.29) is 0 Å². The molecule has 0 unspecified atom stereocenters. The molecular formula is C9H11NO3. The molecule has 2 N–H and O–H groups in total. The number of hydrogen-bond acceptors (Lipinski definition) is 3. The molecule has 1 aromatic carbocycles. The van der Waals surface area contributed by atoms with Crippen LogP contribution in [0.4, 0.5) is 0 Å². The van der Waals surface area contributed by atoms with Crippen molar-refractivity contribution >= 4 is 5.97 Å². The molecule has 70 valence electrons. The third-order valence-corrected chi connectivity index (χ3v) is 1.62. The van der Waals surface area contributed by atoms with Gasteiger partial charge in [-0.25, -0.2) is 4.79 Å². The molecule has 13 heavy (non-hydrogen) atoms. The fraction of sp³-hybridized carbons (Fsp3) is 0.222. The Labute approximate surface area is 76.1 Å². The molecule has 0 aliphatic rings. The topological polar surface area (TPSA) is 58.6 Å². The normalized spacial score (nSPS) is 9.92. The van der Waals surface area contributed by atoms with Gasteiger partial charge in [-0.1, -0.05) is 12.1 Å². The lowest BCUT2D eigenvalue weighted by Crippen LogP contribution is -2.10. The zero-order chi connectivity index (χ0) is 9.68. The summed E-state index contributed by atoms with van der Waals surface area (Å²) in [5.74, 6) is -0.911. The van der Waals surface area contributed by atoms with Crippen molar-refractivity contribution in [1.29, 1.82) is 0 Å². The molecule has 0 aliphatic carbocycles. The van der Waals surface area contributed by atoms with Crippen LogP contribution in [0, 0.1) is 0 Å². The molecule has 0 spiro atoms. The number of nitrogens with one attached hydrogen (secondary N) is 1. The molecular weight excluding hydrogens is 170 g/mol. The second-order valence-corrected chi connectivity index (χ2v) is 2.53. The van der Waals surface area contributed by atoms with Crippen molar-refractivity contribution in [3.8, 4) is 0 Å². The predicted octanol–water partition coefficient (Wildman–Crippen LogP) is 1.04. The van der Waals surface area contributed by atoms with Crippen molar-refractivity contribution in [2.24, 2.45) is 0 Å². The Bertz CT molecular complexity index is 281. The Morgan fingerprint density at radius 3 is 2.54 bits per heavy atom. The molecule has 4 heteroatoms. The van der Waals surface area contributed by atoms with Crippen LogP contribution in [0.5, 0.6) is 0 Å². The van der Waals surface area contributed by atoms with Gasteiger partial charge in [-0.2, -0.15) is 5.48 Å². The second kappa shape index (κ2) is 4.59. The minimum absolute atomic E-state index is 0.293. The first-order chi connectivity index (χ1) is 6.24. The number of carboxylic acid groups (broad SMARTS) is 1. The third kappa shape index (κ3) is 2.85. The molecule has 4 nitrogen and oxygen atoms in total. The van der Waals surface area contributed by atoms with E-state index in [0.717, 1.165) is 5.56 Å². The molecule has 0 aliphatic heterocycles. The Balaban J connectivity index is 2.64. The fourth-order valence-electron chi connectivity index (χ4n) is 0.921. The Hall–Kier alpha value is -1.39. The summed E-state index contributed by atoms with van der Waals surface area (Å²) in [6.45, 7) is 0.566. The lowest BCUT2D eigenvalue weighted by molar-refractivity contribution is 0.0697. The average Bonchev–Trinajstić information content (AvgIpc) is 2.15. The Morgan fingerprint density at radius 2 is 2.08 bits per heavy atom. The first kappa shape index (κ1) is 9.70. The smallest absolute Gasteiger partial charge is 0.335 e. The van der Waals surface area contributed by atoms with Crippen molar-refractivity contribution in [1.82, 2.24) is 5.48 Å². The van der Waals surface area contributed by atoms with Crippen LogP contribution in [0.1, 0.15) is 15.9 Å². The summed E-state index contributed by atoms with van der Waals surface area (Å²) in [5, 5.41) is 8.61. The summed E-state index contributed by atoms with van der Waals surface area (Å²) >= 11 is 0. The summed E-state index contributed by atoms with van der Waals surface area (Å²) in [5.41, 5.74) is 3.94. The summed E-state index contributed by atoms with van der Waals surface area (Å²) in [4.78, 5) is 15.1. The van der Waals surface area contributed by atoms with E-state index in [9.17, 15) is 4.79 Å². The molecule has 0 saturated heterocycles. The summed E-state index contributed by atoms with van der Waals surface area (Å²) in [6, 6.07) is 6.62. The summed E-state index contributed by atoms with van der Waals surface area (Å²) in [7, 11) is 1.53. The maximum atomic E-state index is 10.5. The van der Waals surface area contributed by atoms with Crippen LogP contribution < -0.4 is 5.48 Å². The van der Waals surface area contributed by atoms with Crippen molar-refractivity contribution < 1.29 is 14.7 Å². The van der Waals surface area contributed by atoms with Crippen LogP contribution in [0.3, 0.4) is 0 Å². The molecule has 0 heterocycles. The highest BCUT2D eigenvalue weighted by atomic mass is 16.6. The zero-order valence-corrected chi connectivity index (χ0v) is 7.28. The van der Waals surface area contributed by atoms with Gasteiger partial charge in [-0.3, -0.25) is 0 Å². The van der Waals surface area contributed by atoms with E-state index in [1.165, 1.54) is 7.11 Å². The maximum absolute atomic E-state index is 10.5. The van der Waals surface area contributed by atoms with Crippen LogP contribution in [-0.2, 0) is 11.4 Å². The van der Waals surface area contributed by atoms with Gasteiger partial charge in [0.1, 0.15) is 0 Å². The molecule has 0 saturated carbocycles. The van der Waals surface area contributed by atoms with Gasteiger partial charge in [0.2, 0.25) is 0 Å². The fourth-order valence-corrected chi connectivity index (χ4v) is 0.921. The first-order valence-electron chi connectivity index (χ1n) is 3.82. The van der Waals surface area contributed by atoms with Gasteiger partial charge in [0.25, 0.3) is 0 Å². The minimum atomic E-state index is -0.911. The molecule has 0 fully saturated rings. The number of aromatic carboxylic acids is 1. The van der Waals surface area contributed by atoms with Crippen molar-refractivity contribution in [3.05, 3.63) is 35.4 Å². The van der Waals surface area contributed by atoms with Gasteiger partial charge in [0.15, 0.2) is 0 Å². The highest BCUT2D eigenvalue weighted by molar-refractivity contribution is 5.87. The predicted molar refractivity (Wildman–Crippen MR) is 47.3 cm³/mol. The van der Waals surface area contributed by atoms with E-state index in [2.05, 4.69) is 10.3 Å². The van der Waals surface area contributed by atoms with Crippen LogP contribution in [0.2, 0.25) is 0 Å². The average molecular weight is 181 g/mol. The van der Waals surface area contributed by atoms with Crippen LogP contribution >= 0.6 is 0 Å². The maximum Gasteiger partial charge on any atom is 0.335 e. The van der Waals surface area contributed by atoms with E-state index in [0.29, 0.717) is 12.1 Å². The van der Waals surface area contributed by atoms with Crippen molar-refractivity contribution in [3.63, 3.8) is 0 Å². The Kier molecular flexibility index (Phi) is 3.42. The largest absolute Gasteiger partial charge is 0.478 e. The highest BCUT2D eigenvalue weighted by Gasteiger charge is 2.00. The molecule has 0 radical (unpaired) electrons. The van der Waals surface area contributed by atoms with Gasteiger partial charge < -0.3 is 9.94 Å². The number of hydrogen-bond donors (Lipinski definition) is 2. The number of rotatable bonds is 4. The van der Waals surface area contributed by atoms with E-state index >= 15 is 0 Å². The van der Waals surface area contributed by atoms with E-state index in [4.69, 9.17) is 5.11 Å². The highest BCUT2D eigenvalue weighted by Crippen LogP contribution is 2.03. The third-order valence-electron chi connectivity index (χ3n) is 1.62. The summed E-state index contributed by atoms with van der Waals surface area (Å²) < 4.78 is 0. The second-order valence-electron chi connectivity index (χ2n) is 2.53. The zero-order valence-electron chi connectivity index (χ0n) is 7.28. The molecule has 0 bridgehead atoms. The van der Waals surface area contributed by atoms with Crippen LogP contribution in [-0.4, -0.2) is 18.2 Å². The Morgan fingerprint density at radius 1 is 1.46 bits per heavy atom. The SMILES string of the molecule is CONCc1ccc(C(=O)O)cc1. The monoisotopic (exact) mass is 181 g/mol. The number of benzene rings is 1. The van der Waals surface area contributed by atoms with E-state index < -0.39 is 5.97 Å². The van der Waals surface area contributed by atoms with Crippen molar-refractivity contribution in [2.45, 2.75) is 6.54 Å². The summed E-state index contributed by atoms with van der Waals surface area (Å²) in [6.07, 6.45) is 0. The van der Waals surface area contributed by atoms with Gasteiger partial charge >= 0.3 is 5.97 Å². The molecule has 0 atom stereocenters. The molecule has 0 amide bonds. The quantitative estimate of drug-likeness (QED) is 0.681. The molecule has 0 aromatic heterocycles. The number of hydroxylamine groups is 1. The minimum Gasteiger partial charge on any atom is -0.478 e. The van der Waals surface area contributed by atoms with Crippen molar-refractivity contribution in [2.75, 3.05) is 7.11 Å². The van der Waals surface area contributed by atoms with E-state index in [1.54, 1.807) is 24.3 Å². The van der Waals surface area contributed by atoms with E-state index in [1.807, 2.05) is 0 Å². The van der Waals surface area contributed by atoms with Gasteiger partial charge in [0, 0.05) is 6.54 Å². The van der Waals surface area contributed by atoms with Gasteiger partial charge in [0.05, 0.1) is 12.7 Å². The standard InChI is InChI=1S/C9H11NO3/c1-13-10-6-7-2-4-8(5-3-7)9(11)12/h2-5,10H,6H2,1H3,(H,11,12). The van der Waals surface area contributed by atoms with Gasteiger partial charge in [-0.05, 0) is 17.7 Å². The lowest BCUT2D eigenvalue weighted by atomic mass is 10.1. The lowest BCUT2D eigenvalue weighted by Gasteiger charge is -2.01.